The number of aliphatic imine (C=N–C) groups is 1. The monoisotopic (exact) mass is 127 g/mol. The van der Waals surface area contributed by atoms with E-state index in [1.54, 1.807) is 7.05 Å². The van der Waals surface area contributed by atoms with E-state index in [9.17, 15) is 0 Å². The van der Waals surface area contributed by atoms with Crippen LogP contribution < -0.4 is 0 Å². The summed E-state index contributed by atoms with van der Waals surface area (Å²) in [6.45, 7) is 11.6. The first-order valence-corrected chi connectivity index (χ1v) is 3.01. The lowest BCUT2D eigenvalue weighted by Gasteiger charge is -1.88. The molecule has 0 heterocycles. The van der Waals surface area contributed by atoms with Crippen LogP contribution in [0.1, 0.15) is 27.7 Å². The van der Waals surface area contributed by atoms with Crippen molar-refractivity contribution in [3.63, 3.8) is 0 Å². The highest BCUT2D eigenvalue weighted by molar-refractivity contribution is 5.22. The molecule has 0 aromatic heterocycles. The highest BCUT2D eigenvalue weighted by atomic mass is 14.6. The molecule has 9 heavy (non-hydrogen) atoms. The summed E-state index contributed by atoms with van der Waals surface area (Å²) in [6.07, 6.45) is 0. The van der Waals surface area contributed by atoms with E-state index in [4.69, 9.17) is 0 Å². The molecule has 0 unspecified atom stereocenters. The van der Waals surface area contributed by atoms with Crippen molar-refractivity contribution < 1.29 is 0 Å². The van der Waals surface area contributed by atoms with Crippen molar-refractivity contribution in [2.45, 2.75) is 27.7 Å². The second-order valence-corrected chi connectivity index (χ2v) is 2.32. The van der Waals surface area contributed by atoms with Crippen LogP contribution in [0.15, 0.2) is 16.1 Å². The fourth-order valence-electron chi connectivity index (χ4n) is 0. The molecule has 0 radical (unpaired) electrons. The Bertz CT molecular complexity index is 83.1. The Kier molecular flexibility index (Phi) is 9.25. The van der Waals surface area contributed by atoms with Crippen molar-refractivity contribution in [1.29, 1.82) is 0 Å². The summed E-state index contributed by atoms with van der Waals surface area (Å²) in [7, 11) is 1.64. The Balaban J connectivity index is 0. The maximum absolute atomic E-state index is 3.25. The number of rotatable bonds is 0. The van der Waals surface area contributed by atoms with Crippen molar-refractivity contribution in [2.75, 3.05) is 7.05 Å². The van der Waals surface area contributed by atoms with Crippen LogP contribution in [0.2, 0.25) is 0 Å². The Morgan fingerprint density at radius 3 is 1.11 bits per heavy atom. The summed E-state index contributed by atoms with van der Waals surface area (Å²) in [5, 5.41) is 0. The molecule has 1 heteroatoms. The first kappa shape index (κ1) is 11.2. The van der Waals surface area contributed by atoms with E-state index < -0.39 is 0 Å². The van der Waals surface area contributed by atoms with Crippen LogP contribution in [0.4, 0.5) is 0 Å². The van der Waals surface area contributed by atoms with E-state index in [2.05, 4.69) is 39.4 Å². The predicted molar refractivity (Wildman–Crippen MR) is 45.2 cm³/mol. The van der Waals surface area contributed by atoms with Crippen molar-refractivity contribution in [3.8, 4) is 0 Å². The third-order valence-corrected chi connectivity index (χ3v) is 1.00. The van der Waals surface area contributed by atoms with Gasteiger partial charge in [0.25, 0.3) is 0 Å². The molecule has 0 saturated carbocycles. The van der Waals surface area contributed by atoms with Gasteiger partial charge in [0.15, 0.2) is 0 Å². The largest absolute Gasteiger partial charge is 0.304 e. The van der Waals surface area contributed by atoms with Gasteiger partial charge >= 0.3 is 0 Å². The maximum atomic E-state index is 3.25. The SMILES string of the molecule is C=NC.CC(C)=C(C)C. The molecular formula is C8H17N. The molecule has 0 fully saturated rings. The fourth-order valence-corrected chi connectivity index (χ4v) is 0. The lowest BCUT2D eigenvalue weighted by atomic mass is 10.2. The van der Waals surface area contributed by atoms with E-state index in [0.717, 1.165) is 0 Å². The lowest BCUT2D eigenvalue weighted by molar-refractivity contribution is 1.23. The van der Waals surface area contributed by atoms with Crippen LogP contribution >= 0.6 is 0 Å². The Hall–Kier alpha value is -0.590. The summed E-state index contributed by atoms with van der Waals surface area (Å²) in [5.41, 5.74) is 2.85. The zero-order valence-corrected chi connectivity index (χ0v) is 7.15. The van der Waals surface area contributed by atoms with E-state index in [0.29, 0.717) is 0 Å². The van der Waals surface area contributed by atoms with Crippen LogP contribution in [-0.4, -0.2) is 13.8 Å². The van der Waals surface area contributed by atoms with Gasteiger partial charge in [-0.25, -0.2) is 0 Å². The number of allylic oxidation sites excluding steroid dienone is 2. The molecule has 0 bridgehead atoms. The predicted octanol–water partition coefficient (Wildman–Crippen LogP) is 2.68. The van der Waals surface area contributed by atoms with Crippen LogP contribution in [0.3, 0.4) is 0 Å². The quantitative estimate of drug-likeness (QED) is 0.350. The molecule has 0 aromatic carbocycles. The second kappa shape index (κ2) is 7.41. The first-order chi connectivity index (χ1) is 4.06. The molecule has 0 aliphatic heterocycles. The van der Waals surface area contributed by atoms with Crippen molar-refractivity contribution in [2.24, 2.45) is 4.99 Å². The van der Waals surface area contributed by atoms with Crippen LogP contribution in [0.5, 0.6) is 0 Å². The second-order valence-electron chi connectivity index (χ2n) is 2.32. The molecule has 0 saturated heterocycles. The molecule has 54 valence electrons. The first-order valence-electron chi connectivity index (χ1n) is 3.01. The average Bonchev–Trinajstić information content (AvgIpc) is 1.68. The van der Waals surface area contributed by atoms with Gasteiger partial charge < -0.3 is 4.99 Å². The molecule has 0 aliphatic carbocycles. The molecule has 0 rings (SSSR count). The number of hydrogen-bond acceptors (Lipinski definition) is 1. The van der Waals surface area contributed by atoms with Gasteiger partial charge in [-0.2, -0.15) is 0 Å². The molecular weight excluding hydrogens is 110 g/mol. The van der Waals surface area contributed by atoms with Gasteiger partial charge in [0.2, 0.25) is 0 Å². The highest BCUT2D eigenvalue weighted by Gasteiger charge is 1.75. The molecule has 0 aromatic rings. The zero-order valence-electron chi connectivity index (χ0n) is 7.15. The average molecular weight is 127 g/mol. The fraction of sp³-hybridized carbons (Fsp3) is 0.625. The molecule has 0 N–H and O–H groups in total. The minimum Gasteiger partial charge on any atom is -0.304 e. The normalized spacial score (nSPS) is 6.78. The Morgan fingerprint density at radius 2 is 1.11 bits per heavy atom. The third-order valence-electron chi connectivity index (χ3n) is 1.00. The minimum absolute atomic E-state index is 1.43. The summed E-state index contributed by atoms with van der Waals surface area (Å²) >= 11 is 0. The van der Waals surface area contributed by atoms with Crippen molar-refractivity contribution in [3.05, 3.63) is 11.1 Å². The Morgan fingerprint density at radius 1 is 1.00 bits per heavy atom. The van der Waals surface area contributed by atoms with Gasteiger partial charge in [-0.15, -0.1) is 0 Å². The number of nitrogens with zero attached hydrogens (tertiary/aromatic N) is 1. The van der Waals surface area contributed by atoms with Gasteiger partial charge in [0.05, 0.1) is 0 Å². The standard InChI is InChI=1S/C6H12.C2H5N/c1-5(2)6(3)4;1-3-2/h1-4H3;1H2,2H3. The third kappa shape index (κ3) is 18.7. The summed E-state index contributed by atoms with van der Waals surface area (Å²) in [5.74, 6) is 0. The highest BCUT2D eigenvalue weighted by Crippen LogP contribution is 1.96. The molecule has 0 aliphatic rings. The van der Waals surface area contributed by atoms with E-state index >= 15 is 0 Å². The van der Waals surface area contributed by atoms with Crippen LogP contribution in [0, 0.1) is 0 Å². The van der Waals surface area contributed by atoms with Gasteiger partial charge in [-0.1, -0.05) is 11.1 Å². The summed E-state index contributed by atoms with van der Waals surface area (Å²) in [6, 6.07) is 0. The van der Waals surface area contributed by atoms with E-state index in [-0.39, 0.29) is 0 Å². The summed E-state index contributed by atoms with van der Waals surface area (Å²) < 4.78 is 0. The summed E-state index contributed by atoms with van der Waals surface area (Å²) in [4.78, 5) is 3.25. The van der Waals surface area contributed by atoms with Gasteiger partial charge in [0.1, 0.15) is 0 Å². The van der Waals surface area contributed by atoms with Crippen LogP contribution in [0.25, 0.3) is 0 Å². The van der Waals surface area contributed by atoms with Crippen molar-refractivity contribution >= 4 is 6.72 Å². The van der Waals surface area contributed by atoms with Crippen molar-refractivity contribution in [1.82, 2.24) is 0 Å². The lowest BCUT2D eigenvalue weighted by Crippen LogP contribution is -1.66. The maximum Gasteiger partial charge on any atom is 0.0269 e. The zero-order chi connectivity index (χ0) is 7.86. The van der Waals surface area contributed by atoms with E-state index in [1.807, 2.05) is 0 Å². The molecule has 0 spiro atoms. The topological polar surface area (TPSA) is 12.4 Å². The molecule has 0 atom stereocenters. The number of hydrogen-bond donors (Lipinski definition) is 0. The van der Waals surface area contributed by atoms with Gasteiger partial charge in [-0.05, 0) is 34.4 Å². The van der Waals surface area contributed by atoms with Gasteiger partial charge in [0, 0.05) is 7.05 Å². The van der Waals surface area contributed by atoms with Crippen LogP contribution in [-0.2, 0) is 0 Å². The smallest absolute Gasteiger partial charge is 0.0269 e. The Labute approximate surface area is 58.5 Å². The van der Waals surface area contributed by atoms with Gasteiger partial charge in [-0.3, -0.25) is 0 Å². The minimum atomic E-state index is 1.43. The molecule has 1 nitrogen and oxygen atoms in total. The molecule has 0 amide bonds. The van der Waals surface area contributed by atoms with E-state index in [1.165, 1.54) is 11.1 Å².